The fourth-order valence-corrected chi connectivity index (χ4v) is 2.53. The van der Waals surface area contributed by atoms with Crippen LogP contribution in [0.15, 0.2) is 18.2 Å². The number of fused-ring (bicyclic) bond motifs is 1. The summed E-state index contributed by atoms with van der Waals surface area (Å²) in [6.45, 7) is 3.65. The lowest BCUT2D eigenvalue weighted by molar-refractivity contribution is 0.198. The van der Waals surface area contributed by atoms with Gasteiger partial charge >= 0.3 is 0 Å². The van der Waals surface area contributed by atoms with Crippen molar-refractivity contribution in [1.82, 2.24) is 9.55 Å². The van der Waals surface area contributed by atoms with Gasteiger partial charge in [-0.1, -0.05) is 6.07 Å². The topological polar surface area (TPSA) is 41.3 Å². The molecule has 3 rings (SSSR count). The minimum absolute atomic E-state index is 0.199. The molecule has 1 saturated heterocycles. The molecule has 4 heteroatoms. The number of rotatable bonds is 1. The summed E-state index contributed by atoms with van der Waals surface area (Å²) in [4.78, 5) is 6.84. The summed E-state index contributed by atoms with van der Waals surface area (Å²) in [5.74, 6) is 1.02. The number of aryl methyl sites for hydroxylation is 2. The summed E-state index contributed by atoms with van der Waals surface area (Å²) < 4.78 is 2.10. The van der Waals surface area contributed by atoms with E-state index >= 15 is 0 Å². The lowest BCUT2D eigenvalue weighted by Gasteiger charge is -2.18. The molecule has 0 radical (unpaired) electrons. The third-order valence-electron chi connectivity index (χ3n) is 3.62. The zero-order valence-corrected chi connectivity index (χ0v) is 10.2. The fraction of sp³-hybridized carbons (Fsp3) is 0.462. The van der Waals surface area contributed by atoms with Gasteiger partial charge in [-0.2, -0.15) is 0 Å². The molecule has 1 aliphatic rings. The minimum Gasteiger partial charge on any atom is -0.391 e. The molecule has 2 aromatic rings. The monoisotopic (exact) mass is 231 g/mol. The summed E-state index contributed by atoms with van der Waals surface area (Å²) in [6.07, 6.45) is 0.650. The maximum atomic E-state index is 9.63. The molecule has 1 atom stereocenters. The molecule has 0 saturated carbocycles. The Morgan fingerprint density at radius 1 is 1.41 bits per heavy atom. The van der Waals surface area contributed by atoms with E-state index in [0.29, 0.717) is 6.54 Å². The number of aromatic nitrogens is 2. The first kappa shape index (κ1) is 10.6. The van der Waals surface area contributed by atoms with Crippen LogP contribution >= 0.6 is 0 Å². The van der Waals surface area contributed by atoms with E-state index in [9.17, 15) is 5.11 Å². The number of aliphatic hydroxyl groups excluding tert-OH is 1. The quantitative estimate of drug-likeness (QED) is 0.807. The van der Waals surface area contributed by atoms with Crippen molar-refractivity contribution < 1.29 is 5.11 Å². The minimum atomic E-state index is -0.199. The van der Waals surface area contributed by atoms with E-state index in [0.717, 1.165) is 35.5 Å². The summed E-state index contributed by atoms with van der Waals surface area (Å²) in [7, 11) is 2.03. The lowest BCUT2D eigenvalue weighted by Crippen LogP contribution is -2.21. The van der Waals surface area contributed by atoms with Crippen molar-refractivity contribution in [3.8, 4) is 0 Å². The van der Waals surface area contributed by atoms with Gasteiger partial charge in [-0.3, -0.25) is 0 Å². The second kappa shape index (κ2) is 3.74. The van der Waals surface area contributed by atoms with E-state index in [4.69, 9.17) is 0 Å². The van der Waals surface area contributed by atoms with Gasteiger partial charge in [0.1, 0.15) is 11.3 Å². The molecular formula is C13H17N3O. The Hall–Kier alpha value is -1.55. The van der Waals surface area contributed by atoms with Gasteiger partial charge in [0.05, 0.1) is 17.3 Å². The van der Waals surface area contributed by atoms with Gasteiger partial charge < -0.3 is 14.6 Å². The van der Waals surface area contributed by atoms with E-state index in [2.05, 4.69) is 32.7 Å². The highest BCUT2D eigenvalue weighted by Crippen LogP contribution is 2.28. The van der Waals surface area contributed by atoms with Crippen LogP contribution in [0.3, 0.4) is 0 Å². The Kier molecular flexibility index (Phi) is 2.33. The molecule has 1 N–H and O–H groups in total. The van der Waals surface area contributed by atoms with Crippen LogP contribution in [0.1, 0.15) is 12.2 Å². The molecule has 2 heterocycles. The highest BCUT2D eigenvalue weighted by atomic mass is 16.3. The molecule has 1 unspecified atom stereocenters. The molecule has 0 amide bonds. The summed E-state index contributed by atoms with van der Waals surface area (Å²) in [5.41, 5.74) is 3.34. The number of hydrogen-bond donors (Lipinski definition) is 1. The van der Waals surface area contributed by atoms with Gasteiger partial charge in [0.25, 0.3) is 0 Å². The maximum absolute atomic E-state index is 9.63. The van der Waals surface area contributed by atoms with Crippen LogP contribution in [0.25, 0.3) is 11.0 Å². The zero-order chi connectivity index (χ0) is 12.0. The number of imidazole rings is 1. The van der Waals surface area contributed by atoms with E-state index in [1.54, 1.807) is 0 Å². The average Bonchev–Trinajstić information content (AvgIpc) is 2.85. The molecule has 1 aromatic heterocycles. The van der Waals surface area contributed by atoms with Gasteiger partial charge in [-0.25, -0.2) is 4.98 Å². The smallest absolute Gasteiger partial charge is 0.112 e. The van der Waals surface area contributed by atoms with Crippen LogP contribution < -0.4 is 4.90 Å². The number of β-amino-alcohol motifs (C(OH)–C–C–N with tert-alkyl or cyclic N) is 1. The first-order valence-electron chi connectivity index (χ1n) is 6.02. The predicted octanol–water partition coefficient (Wildman–Crippen LogP) is 1.45. The highest BCUT2D eigenvalue weighted by molar-refractivity contribution is 5.89. The van der Waals surface area contributed by atoms with Crippen LogP contribution in [0, 0.1) is 6.92 Å². The summed E-state index contributed by atoms with van der Waals surface area (Å²) >= 11 is 0. The number of nitrogens with zero attached hydrogens (tertiary/aromatic N) is 3. The molecule has 17 heavy (non-hydrogen) atoms. The second-order valence-corrected chi connectivity index (χ2v) is 4.75. The third kappa shape index (κ3) is 1.60. The first-order chi connectivity index (χ1) is 8.16. The summed E-state index contributed by atoms with van der Waals surface area (Å²) in [5, 5.41) is 9.63. The molecule has 1 aromatic carbocycles. The molecule has 4 nitrogen and oxygen atoms in total. The van der Waals surface area contributed by atoms with Gasteiger partial charge in [0.15, 0.2) is 0 Å². The second-order valence-electron chi connectivity index (χ2n) is 4.75. The molecular weight excluding hydrogens is 214 g/mol. The number of para-hydroxylation sites is 1. The van der Waals surface area contributed by atoms with Crippen molar-refractivity contribution in [2.45, 2.75) is 19.4 Å². The summed E-state index contributed by atoms with van der Waals surface area (Å²) in [6, 6.07) is 6.24. The van der Waals surface area contributed by atoms with E-state index in [-0.39, 0.29) is 6.10 Å². The highest BCUT2D eigenvalue weighted by Gasteiger charge is 2.22. The Bertz CT molecular complexity index is 561. The predicted molar refractivity (Wildman–Crippen MR) is 68.3 cm³/mol. The molecule has 0 bridgehead atoms. The van der Waals surface area contributed by atoms with Gasteiger partial charge in [-0.15, -0.1) is 0 Å². The van der Waals surface area contributed by atoms with Gasteiger partial charge in [0, 0.05) is 20.1 Å². The van der Waals surface area contributed by atoms with Crippen LogP contribution in [-0.2, 0) is 7.05 Å². The number of hydrogen-bond acceptors (Lipinski definition) is 3. The van der Waals surface area contributed by atoms with Gasteiger partial charge in [0.2, 0.25) is 0 Å². The standard InChI is InChI=1S/C13H17N3O/c1-9-14-13-11(15(9)2)4-3-5-12(13)16-7-6-10(17)8-16/h3-5,10,17H,6-8H2,1-2H3. The largest absolute Gasteiger partial charge is 0.391 e. The van der Waals surface area contributed by atoms with Crippen molar-refractivity contribution in [2.75, 3.05) is 18.0 Å². The average molecular weight is 231 g/mol. The first-order valence-corrected chi connectivity index (χ1v) is 6.02. The molecule has 0 spiro atoms. The number of anilines is 1. The van der Waals surface area contributed by atoms with E-state index in [1.807, 2.05) is 14.0 Å². The maximum Gasteiger partial charge on any atom is 0.112 e. The number of aliphatic hydroxyl groups is 1. The van der Waals surface area contributed by atoms with Crippen molar-refractivity contribution in [2.24, 2.45) is 7.05 Å². The molecule has 1 fully saturated rings. The SMILES string of the molecule is Cc1nc2c(N3CCC(O)C3)cccc2n1C. The normalized spacial score (nSPS) is 20.4. The molecule has 1 aliphatic heterocycles. The third-order valence-corrected chi connectivity index (χ3v) is 3.62. The van der Waals surface area contributed by atoms with Crippen molar-refractivity contribution in [3.63, 3.8) is 0 Å². The van der Waals surface area contributed by atoms with Gasteiger partial charge in [-0.05, 0) is 25.5 Å². The number of benzene rings is 1. The van der Waals surface area contributed by atoms with Crippen LogP contribution in [0.5, 0.6) is 0 Å². The lowest BCUT2D eigenvalue weighted by atomic mass is 10.2. The van der Waals surface area contributed by atoms with Crippen LogP contribution in [0.4, 0.5) is 5.69 Å². The Morgan fingerprint density at radius 2 is 2.24 bits per heavy atom. The van der Waals surface area contributed by atoms with Crippen LogP contribution in [0.2, 0.25) is 0 Å². The van der Waals surface area contributed by atoms with Crippen molar-refractivity contribution in [1.29, 1.82) is 0 Å². The fourth-order valence-electron chi connectivity index (χ4n) is 2.53. The Labute approximate surface area is 100 Å². The van der Waals surface area contributed by atoms with Crippen molar-refractivity contribution >= 4 is 16.7 Å². The van der Waals surface area contributed by atoms with Crippen molar-refractivity contribution in [3.05, 3.63) is 24.0 Å². The molecule has 90 valence electrons. The molecule has 0 aliphatic carbocycles. The Morgan fingerprint density at radius 3 is 2.94 bits per heavy atom. The zero-order valence-electron chi connectivity index (χ0n) is 10.2. The van der Waals surface area contributed by atoms with Crippen LogP contribution in [-0.4, -0.2) is 33.9 Å². The van der Waals surface area contributed by atoms with E-state index < -0.39 is 0 Å². The van der Waals surface area contributed by atoms with E-state index in [1.165, 1.54) is 0 Å². The Balaban J connectivity index is 2.13.